The maximum atomic E-state index is 5.88. The molecule has 1 atom stereocenters. The number of hydrogen-bond acceptors (Lipinski definition) is 2. The van der Waals surface area contributed by atoms with Crippen molar-refractivity contribution in [1.82, 2.24) is 5.32 Å². The zero-order valence-electron chi connectivity index (χ0n) is 8.92. The minimum Gasteiger partial charge on any atom is -0.379 e. The second kappa shape index (κ2) is 4.52. The van der Waals surface area contributed by atoms with Crippen LogP contribution >= 0.6 is 11.6 Å². The maximum Gasteiger partial charge on any atom is 0.0591 e. The molecule has 0 bridgehead atoms. The van der Waals surface area contributed by atoms with E-state index in [4.69, 9.17) is 16.3 Å². The average molecular weight is 226 g/mol. The van der Waals surface area contributed by atoms with Gasteiger partial charge in [0.15, 0.2) is 0 Å². The van der Waals surface area contributed by atoms with Crippen molar-refractivity contribution in [3.63, 3.8) is 0 Å². The molecule has 1 unspecified atom stereocenters. The van der Waals surface area contributed by atoms with Crippen LogP contribution in [0.1, 0.15) is 12.5 Å². The molecule has 0 radical (unpaired) electrons. The maximum absolute atomic E-state index is 5.88. The molecule has 2 nitrogen and oxygen atoms in total. The topological polar surface area (TPSA) is 21.3 Å². The van der Waals surface area contributed by atoms with E-state index in [0.717, 1.165) is 31.3 Å². The van der Waals surface area contributed by atoms with Crippen LogP contribution in [0.15, 0.2) is 24.3 Å². The molecule has 2 rings (SSSR count). The molecule has 1 aliphatic heterocycles. The number of rotatable bonds is 1. The standard InChI is InChI=1S/C12H16ClNO/c1-12(8-14-6-7-15-9-12)10-2-4-11(13)5-3-10/h2-5,14H,6-9H2,1H3. The molecule has 0 spiro atoms. The summed E-state index contributed by atoms with van der Waals surface area (Å²) in [6.07, 6.45) is 0. The van der Waals surface area contributed by atoms with Crippen molar-refractivity contribution in [3.8, 4) is 0 Å². The number of hydrogen-bond donors (Lipinski definition) is 1. The van der Waals surface area contributed by atoms with Gasteiger partial charge in [0.05, 0.1) is 13.2 Å². The number of halogens is 1. The molecule has 1 aromatic carbocycles. The third-order valence-corrected chi connectivity index (χ3v) is 3.15. The van der Waals surface area contributed by atoms with Crippen LogP contribution in [0.5, 0.6) is 0 Å². The Morgan fingerprint density at radius 1 is 1.33 bits per heavy atom. The van der Waals surface area contributed by atoms with Gasteiger partial charge in [-0.25, -0.2) is 0 Å². The molecule has 0 saturated carbocycles. The smallest absolute Gasteiger partial charge is 0.0591 e. The zero-order chi connectivity index (χ0) is 10.7. The van der Waals surface area contributed by atoms with E-state index in [1.165, 1.54) is 5.56 Å². The van der Waals surface area contributed by atoms with E-state index in [2.05, 4.69) is 24.4 Å². The highest BCUT2D eigenvalue weighted by atomic mass is 35.5. The lowest BCUT2D eigenvalue weighted by Crippen LogP contribution is -2.36. The molecule has 1 aliphatic rings. The minimum absolute atomic E-state index is 0.0566. The van der Waals surface area contributed by atoms with E-state index in [-0.39, 0.29) is 5.41 Å². The second-order valence-corrected chi connectivity index (χ2v) is 4.73. The fraction of sp³-hybridized carbons (Fsp3) is 0.500. The van der Waals surface area contributed by atoms with Gasteiger partial charge in [-0.2, -0.15) is 0 Å². The summed E-state index contributed by atoms with van der Waals surface area (Å²) in [5.74, 6) is 0. The normalized spacial score (nSPS) is 27.3. The van der Waals surface area contributed by atoms with Crippen LogP contribution in [-0.2, 0) is 10.2 Å². The Labute approximate surface area is 95.6 Å². The van der Waals surface area contributed by atoms with Gasteiger partial charge in [-0.05, 0) is 17.7 Å². The monoisotopic (exact) mass is 225 g/mol. The van der Waals surface area contributed by atoms with E-state index in [1.54, 1.807) is 0 Å². The lowest BCUT2D eigenvalue weighted by molar-refractivity contribution is 0.113. The van der Waals surface area contributed by atoms with Crippen LogP contribution in [0.3, 0.4) is 0 Å². The first-order chi connectivity index (χ1) is 7.21. The molecule has 0 amide bonds. The largest absolute Gasteiger partial charge is 0.379 e. The van der Waals surface area contributed by atoms with Crippen molar-refractivity contribution in [2.45, 2.75) is 12.3 Å². The SMILES string of the molecule is CC1(c2ccc(Cl)cc2)CNCCOC1. The quantitative estimate of drug-likeness (QED) is 0.792. The van der Waals surface area contributed by atoms with Crippen molar-refractivity contribution >= 4 is 11.6 Å². The average Bonchev–Trinajstić information content (AvgIpc) is 2.45. The minimum atomic E-state index is 0.0566. The van der Waals surface area contributed by atoms with Crippen LogP contribution < -0.4 is 5.32 Å². The first-order valence-electron chi connectivity index (χ1n) is 5.25. The zero-order valence-corrected chi connectivity index (χ0v) is 9.68. The van der Waals surface area contributed by atoms with Gasteiger partial charge in [-0.1, -0.05) is 30.7 Å². The van der Waals surface area contributed by atoms with Crippen LogP contribution in [0.4, 0.5) is 0 Å². The Bertz CT molecular complexity index is 315. The van der Waals surface area contributed by atoms with Crippen LogP contribution in [-0.4, -0.2) is 26.3 Å². The summed E-state index contributed by atoms with van der Waals surface area (Å²) in [6, 6.07) is 8.04. The Balaban J connectivity index is 2.22. The third-order valence-electron chi connectivity index (χ3n) is 2.90. The molecular formula is C12H16ClNO. The van der Waals surface area contributed by atoms with E-state index in [0.29, 0.717) is 0 Å². The summed E-state index contributed by atoms with van der Waals surface area (Å²) in [6.45, 7) is 5.66. The van der Waals surface area contributed by atoms with Crippen molar-refractivity contribution in [2.75, 3.05) is 26.3 Å². The highest BCUT2D eigenvalue weighted by molar-refractivity contribution is 6.30. The summed E-state index contributed by atoms with van der Waals surface area (Å²) < 4.78 is 5.60. The molecule has 1 fully saturated rings. The number of ether oxygens (including phenoxy) is 1. The van der Waals surface area contributed by atoms with Gasteiger partial charge in [-0.3, -0.25) is 0 Å². The van der Waals surface area contributed by atoms with Gasteiger partial charge in [0, 0.05) is 23.5 Å². The van der Waals surface area contributed by atoms with Crippen molar-refractivity contribution in [3.05, 3.63) is 34.9 Å². The highest BCUT2D eigenvalue weighted by Crippen LogP contribution is 2.25. The van der Waals surface area contributed by atoms with Crippen LogP contribution in [0.2, 0.25) is 5.02 Å². The van der Waals surface area contributed by atoms with Gasteiger partial charge in [-0.15, -0.1) is 0 Å². The van der Waals surface area contributed by atoms with Crippen molar-refractivity contribution in [1.29, 1.82) is 0 Å². The van der Waals surface area contributed by atoms with Gasteiger partial charge >= 0.3 is 0 Å². The summed E-state index contributed by atoms with van der Waals surface area (Å²) in [7, 11) is 0. The van der Waals surface area contributed by atoms with Gasteiger partial charge < -0.3 is 10.1 Å². The highest BCUT2D eigenvalue weighted by Gasteiger charge is 2.28. The molecule has 0 aliphatic carbocycles. The fourth-order valence-corrected chi connectivity index (χ4v) is 2.02. The predicted octanol–water partition coefficient (Wildman–Crippen LogP) is 2.22. The summed E-state index contributed by atoms with van der Waals surface area (Å²) >= 11 is 5.88. The van der Waals surface area contributed by atoms with E-state index < -0.39 is 0 Å². The van der Waals surface area contributed by atoms with Crippen LogP contribution in [0, 0.1) is 0 Å². The Morgan fingerprint density at radius 2 is 2.07 bits per heavy atom. The molecule has 15 heavy (non-hydrogen) atoms. The molecule has 3 heteroatoms. The molecule has 82 valence electrons. The lowest BCUT2D eigenvalue weighted by Gasteiger charge is -2.27. The van der Waals surface area contributed by atoms with Crippen molar-refractivity contribution < 1.29 is 4.74 Å². The molecule has 1 saturated heterocycles. The third kappa shape index (κ3) is 2.51. The Hall–Kier alpha value is -0.570. The van der Waals surface area contributed by atoms with Gasteiger partial charge in [0.1, 0.15) is 0 Å². The Kier molecular flexibility index (Phi) is 3.29. The number of benzene rings is 1. The van der Waals surface area contributed by atoms with E-state index in [1.807, 2.05) is 12.1 Å². The van der Waals surface area contributed by atoms with E-state index in [9.17, 15) is 0 Å². The van der Waals surface area contributed by atoms with Crippen LogP contribution in [0.25, 0.3) is 0 Å². The summed E-state index contributed by atoms with van der Waals surface area (Å²) in [5.41, 5.74) is 1.34. The molecule has 1 N–H and O–H groups in total. The molecule has 1 heterocycles. The van der Waals surface area contributed by atoms with E-state index >= 15 is 0 Å². The molecule has 0 aromatic heterocycles. The number of nitrogens with one attached hydrogen (secondary N) is 1. The summed E-state index contributed by atoms with van der Waals surface area (Å²) in [4.78, 5) is 0. The molecular weight excluding hydrogens is 210 g/mol. The fourth-order valence-electron chi connectivity index (χ4n) is 1.89. The van der Waals surface area contributed by atoms with Gasteiger partial charge in [0.25, 0.3) is 0 Å². The Morgan fingerprint density at radius 3 is 2.80 bits per heavy atom. The lowest BCUT2D eigenvalue weighted by atomic mass is 9.83. The first-order valence-corrected chi connectivity index (χ1v) is 5.63. The van der Waals surface area contributed by atoms with Gasteiger partial charge in [0.2, 0.25) is 0 Å². The predicted molar refractivity (Wildman–Crippen MR) is 62.5 cm³/mol. The van der Waals surface area contributed by atoms with Crippen molar-refractivity contribution in [2.24, 2.45) is 0 Å². The second-order valence-electron chi connectivity index (χ2n) is 4.30. The first kappa shape index (κ1) is 10.9. The summed E-state index contributed by atoms with van der Waals surface area (Å²) in [5, 5.41) is 4.18. The molecule has 1 aromatic rings.